The van der Waals surface area contributed by atoms with E-state index < -0.39 is 18.1 Å². The molecule has 132 valence electrons. The third kappa shape index (κ3) is 5.84. The van der Waals surface area contributed by atoms with Gasteiger partial charge in [-0.15, -0.1) is 0 Å². The van der Waals surface area contributed by atoms with Gasteiger partial charge in [-0.05, 0) is 23.3 Å². The SMILES string of the molecule is COC(=O)N[C@@H](Cc1ccc(OC)cc1)C(=O)OCc1ccccc1. The van der Waals surface area contributed by atoms with Gasteiger partial charge in [0.15, 0.2) is 0 Å². The van der Waals surface area contributed by atoms with E-state index >= 15 is 0 Å². The Bertz CT molecular complexity index is 685. The van der Waals surface area contributed by atoms with Gasteiger partial charge in [0, 0.05) is 6.42 Å². The molecule has 6 nitrogen and oxygen atoms in total. The summed E-state index contributed by atoms with van der Waals surface area (Å²) in [6, 6.07) is 15.7. The minimum atomic E-state index is -0.843. The molecular weight excluding hydrogens is 322 g/mol. The second-order valence-electron chi connectivity index (χ2n) is 5.33. The first-order valence-electron chi connectivity index (χ1n) is 7.80. The molecule has 2 aromatic carbocycles. The Kier molecular flexibility index (Phi) is 6.83. The first-order chi connectivity index (χ1) is 12.1. The molecule has 25 heavy (non-hydrogen) atoms. The lowest BCUT2D eigenvalue weighted by Crippen LogP contribution is -2.43. The van der Waals surface area contributed by atoms with Gasteiger partial charge >= 0.3 is 12.1 Å². The number of nitrogens with one attached hydrogen (secondary N) is 1. The number of hydrogen-bond donors (Lipinski definition) is 1. The van der Waals surface area contributed by atoms with Crippen molar-refractivity contribution in [3.8, 4) is 5.75 Å². The van der Waals surface area contributed by atoms with Crippen LogP contribution < -0.4 is 10.1 Å². The molecule has 1 N–H and O–H groups in total. The molecule has 0 radical (unpaired) electrons. The van der Waals surface area contributed by atoms with Gasteiger partial charge in [0.25, 0.3) is 0 Å². The zero-order valence-corrected chi connectivity index (χ0v) is 14.2. The number of benzene rings is 2. The number of rotatable bonds is 7. The molecule has 0 fully saturated rings. The quantitative estimate of drug-likeness (QED) is 0.783. The van der Waals surface area contributed by atoms with Crippen molar-refractivity contribution in [2.75, 3.05) is 14.2 Å². The van der Waals surface area contributed by atoms with Gasteiger partial charge in [-0.25, -0.2) is 9.59 Å². The van der Waals surface area contributed by atoms with Crippen molar-refractivity contribution in [3.63, 3.8) is 0 Å². The largest absolute Gasteiger partial charge is 0.497 e. The number of carbonyl (C=O) groups is 2. The Balaban J connectivity index is 2.02. The fourth-order valence-corrected chi connectivity index (χ4v) is 2.22. The number of methoxy groups -OCH3 is 2. The summed E-state index contributed by atoms with van der Waals surface area (Å²) in [5.41, 5.74) is 1.73. The van der Waals surface area contributed by atoms with Crippen LogP contribution >= 0.6 is 0 Å². The van der Waals surface area contributed by atoms with E-state index in [9.17, 15) is 9.59 Å². The van der Waals surface area contributed by atoms with E-state index in [1.165, 1.54) is 7.11 Å². The van der Waals surface area contributed by atoms with Gasteiger partial charge in [0.05, 0.1) is 14.2 Å². The van der Waals surface area contributed by atoms with Crippen LogP contribution in [-0.2, 0) is 27.3 Å². The standard InChI is InChI=1S/C19H21NO5/c1-23-16-10-8-14(9-11-16)12-17(20-19(22)24-2)18(21)25-13-15-6-4-3-5-7-15/h3-11,17H,12-13H2,1-2H3,(H,20,22)/t17-/m0/s1. The predicted molar refractivity (Wildman–Crippen MR) is 92.3 cm³/mol. The Labute approximate surface area is 146 Å². The lowest BCUT2D eigenvalue weighted by molar-refractivity contribution is -0.147. The third-order valence-electron chi connectivity index (χ3n) is 3.58. The van der Waals surface area contributed by atoms with Crippen LogP contribution in [0.3, 0.4) is 0 Å². The molecule has 0 saturated carbocycles. The van der Waals surface area contributed by atoms with E-state index in [0.717, 1.165) is 11.1 Å². The highest BCUT2D eigenvalue weighted by molar-refractivity contribution is 5.81. The molecule has 0 aromatic heterocycles. The van der Waals surface area contributed by atoms with E-state index in [1.807, 2.05) is 42.5 Å². The molecule has 0 unspecified atom stereocenters. The predicted octanol–water partition coefficient (Wildman–Crippen LogP) is 2.71. The number of esters is 1. The van der Waals surface area contributed by atoms with Crippen LogP contribution in [0.4, 0.5) is 4.79 Å². The van der Waals surface area contributed by atoms with Crippen molar-refractivity contribution in [3.05, 3.63) is 65.7 Å². The topological polar surface area (TPSA) is 73.9 Å². The summed E-state index contributed by atoms with van der Waals surface area (Å²) in [6.45, 7) is 0.141. The fraction of sp³-hybridized carbons (Fsp3) is 0.263. The molecule has 0 bridgehead atoms. The van der Waals surface area contributed by atoms with Crippen molar-refractivity contribution in [1.82, 2.24) is 5.32 Å². The summed E-state index contributed by atoms with van der Waals surface area (Å²) < 4.78 is 15.0. The van der Waals surface area contributed by atoms with E-state index in [0.29, 0.717) is 5.75 Å². The first kappa shape index (κ1) is 18.3. The molecule has 0 aliphatic heterocycles. The molecule has 0 heterocycles. The van der Waals surface area contributed by atoms with Gasteiger partial charge in [-0.1, -0.05) is 42.5 Å². The van der Waals surface area contributed by atoms with Crippen LogP contribution in [-0.4, -0.2) is 32.3 Å². The number of carbonyl (C=O) groups excluding carboxylic acids is 2. The van der Waals surface area contributed by atoms with E-state index in [2.05, 4.69) is 10.1 Å². The van der Waals surface area contributed by atoms with Gasteiger partial charge in [0.1, 0.15) is 18.4 Å². The zero-order chi connectivity index (χ0) is 18.1. The van der Waals surface area contributed by atoms with Crippen molar-refractivity contribution < 1.29 is 23.8 Å². The number of amides is 1. The summed E-state index contributed by atoms with van der Waals surface area (Å²) in [7, 11) is 2.83. The Morgan fingerprint density at radius 2 is 1.64 bits per heavy atom. The minimum absolute atomic E-state index is 0.141. The monoisotopic (exact) mass is 343 g/mol. The van der Waals surface area contributed by atoms with Gasteiger partial charge < -0.3 is 19.5 Å². The number of hydrogen-bond acceptors (Lipinski definition) is 5. The van der Waals surface area contributed by atoms with Crippen LogP contribution in [0.5, 0.6) is 5.75 Å². The van der Waals surface area contributed by atoms with Crippen molar-refractivity contribution >= 4 is 12.1 Å². The van der Waals surface area contributed by atoms with Crippen LogP contribution in [0.15, 0.2) is 54.6 Å². The van der Waals surface area contributed by atoms with E-state index in [-0.39, 0.29) is 13.0 Å². The summed E-state index contributed by atoms with van der Waals surface area (Å²) in [5, 5.41) is 2.51. The lowest BCUT2D eigenvalue weighted by Gasteiger charge is -2.17. The molecule has 0 aliphatic rings. The summed E-state index contributed by atoms with van der Waals surface area (Å²) >= 11 is 0. The van der Waals surface area contributed by atoms with E-state index in [4.69, 9.17) is 9.47 Å². The average molecular weight is 343 g/mol. The lowest BCUT2D eigenvalue weighted by atomic mass is 10.1. The fourth-order valence-electron chi connectivity index (χ4n) is 2.22. The molecule has 0 spiro atoms. The van der Waals surface area contributed by atoms with Gasteiger partial charge in [-0.3, -0.25) is 0 Å². The Hall–Kier alpha value is -3.02. The molecule has 2 aromatic rings. The molecule has 1 amide bonds. The maximum absolute atomic E-state index is 12.4. The molecule has 6 heteroatoms. The van der Waals surface area contributed by atoms with E-state index in [1.54, 1.807) is 19.2 Å². The van der Waals surface area contributed by atoms with Crippen LogP contribution in [0.25, 0.3) is 0 Å². The smallest absolute Gasteiger partial charge is 0.407 e. The molecule has 0 saturated heterocycles. The Morgan fingerprint density at radius 1 is 0.960 bits per heavy atom. The maximum atomic E-state index is 12.4. The average Bonchev–Trinajstić information content (AvgIpc) is 2.66. The number of alkyl carbamates (subject to hydrolysis) is 1. The highest BCUT2D eigenvalue weighted by Gasteiger charge is 2.23. The first-order valence-corrected chi connectivity index (χ1v) is 7.80. The molecule has 2 rings (SSSR count). The molecular formula is C19H21NO5. The molecule has 0 aliphatic carbocycles. The summed E-state index contributed by atoms with van der Waals surface area (Å²) in [6.07, 6.45) is -0.401. The van der Waals surface area contributed by atoms with Crippen molar-refractivity contribution in [2.24, 2.45) is 0 Å². The maximum Gasteiger partial charge on any atom is 0.407 e. The molecule has 1 atom stereocenters. The van der Waals surface area contributed by atoms with Crippen LogP contribution in [0, 0.1) is 0 Å². The second-order valence-corrected chi connectivity index (χ2v) is 5.33. The normalized spacial score (nSPS) is 11.3. The van der Waals surface area contributed by atoms with Crippen molar-refractivity contribution in [2.45, 2.75) is 19.1 Å². The minimum Gasteiger partial charge on any atom is -0.497 e. The van der Waals surface area contributed by atoms with Gasteiger partial charge in [0.2, 0.25) is 0 Å². The zero-order valence-electron chi connectivity index (χ0n) is 14.2. The summed E-state index contributed by atoms with van der Waals surface area (Å²) in [4.78, 5) is 23.9. The van der Waals surface area contributed by atoms with Crippen LogP contribution in [0.1, 0.15) is 11.1 Å². The summed E-state index contributed by atoms with van der Waals surface area (Å²) in [5.74, 6) is 0.193. The highest BCUT2D eigenvalue weighted by Crippen LogP contribution is 2.13. The Morgan fingerprint density at radius 3 is 2.24 bits per heavy atom. The van der Waals surface area contributed by atoms with Crippen molar-refractivity contribution in [1.29, 1.82) is 0 Å². The van der Waals surface area contributed by atoms with Gasteiger partial charge in [-0.2, -0.15) is 0 Å². The third-order valence-corrected chi connectivity index (χ3v) is 3.58. The second kappa shape index (κ2) is 9.32. The highest BCUT2D eigenvalue weighted by atomic mass is 16.5. The van der Waals surface area contributed by atoms with Crippen LogP contribution in [0.2, 0.25) is 0 Å². The number of ether oxygens (including phenoxy) is 3.